The lowest BCUT2D eigenvalue weighted by Gasteiger charge is -2.27. The molecule has 14 heavy (non-hydrogen) atoms. The van der Waals surface area contributed by atoms with Gasteiger partial charge in [0, 0.05) is 18.6 Å². The molecule has 0 bridgehead atoms. The van der Waals surface area contributed by atoms with Gasteiger partial charge in [0.05, 0.1) is 19.8 Å². The minimum absolute atomic E-state index is 0.0556. The average Bonchev–Trinajstić information content (AvgIpc) is 2.24. The third-order valence-corrected chi connectivity index (χ3v) is 2.53. The van der Waals surface area contributed by atoms with Crippen molar-refractivity contribution >= 4 is 0 Å². The second-order valence-corrected chi connectivity index (χ2v) is 3.65. The van der Waals surface area contributed by atoms with Gasteiger partial charge in [-0.25, -0.2) is 0 Å². The number of aliphatic hydroxyl groups is 3. The first-order chi connectivity index (χ1) is 6.74. The fourth-order valence-electron chi connectivity index (χ4n) is 1.07. The molecule has 3 N–H and O–H groups in total. The van der Waals surface area contributed by atoms with Crippen LogP contribution in [0.1, 0.15) is 26.2 Å². The van der Waals surface area contributed by atoms with E-state index in [9.17, 15) is 0 Å². The maximum absolute atomic E-state index is 9.10. The summed E-state index contributed by atoms with van der Waals surface area (Å²) in [6, 6.07) is 0. The van der Waals surface area contributed by atoms with Gasteiger partial charge in [-0.1, -0.05) is 6.92 Å². The molecule has 0 radical (unpaired) electrons. The van der Waals surface area contributed by atoms with Gasteiger partial charge in [-0.3, -0.25) is 0 Å². The van der Waals surface area contributed by atoms with Crippen LogP contribution in [0.4, 0.5) is 0 Å². The van der Waals surface area contributed by atoms with Gasteiger partial charge in [0.1, 0.15) is 0 Å². The van der Waals surface area contributed by atoms with Gasteiger partial charge in [0.15, 0.2) is 0 Å². The van der Waals surface area contributed by atoms with E-state index < -0.39 is 5.41 Å². The molecule has 0 aliphatic carbocycles. The Labute approximate surface area is 85.5 Å². The summed E-state index contributed by atoms with van der Waals surface area (Å²) < 4.78 is 5.34. The van der Waals surface area contributed by atoms with Crippen molar-refractivity contribution in [1.29, 1.82) is 0 Å². The van der Waals surface area contributed by atoms with E-state index in [2.05, 4.69) is 0 Å². The Morgan fingerprint density at radius 3 is 2.14 bits per heavy atom. The summed E-state index contributed by atoms with van der Waals surface area (Å²) in [6.07, 6.45) is 2.24. The zero-order valence-electron chi connectivity index (χ0n) is 8.91. The molecule has 0 amide bonds. The van der Waals surface area contributed by atoms with Crippen LogP contribution < -0.4 is 0 Å². The molecule has 0 fully saturated rings. The van der Waals surface area contributed by atoms with Gasteiger partial charge in [0.2, 0.25) is 0 Å². The van der Waals surface area contributed by atoms with Crippen LogP contribution in [0.25, 0.3) is 0 Å². The van der Waals surface area contributed by atoms with Crippen molar-refractivity contribution in [2.24, 2.45) is 5.41 Å². The fourth-order valence-corrected chi connectivity index (χ4v) is 1.07. The van der Waals surface area contributed by atoms with E-state index in [-0.39, 0.29) is 19.8 Å². The number of ether oxygens (including phenoxy) is 1. The normalized spacial score (nSPS) is 12.0. The average molecular weight is 206 g/mol. The van der Waals surface area contributed by atoms with Gasteiger partial charge >= 0.3 is 0 Å². The molecule has 0 saturated heterocycles. The number of hydrogen-bond acceptors (Lipinski definition) is 4. The molecule has 0 aromatic rings. The van der Waals surface area contributed by atoms with Crippen molar-refractivity contribution in [3.8, 4) is 0 Å². The first-order valence-electron chi connectivity index (χ1n) is 5.15. The van der Waals surface area contributed by atoms with Crippen LogP contribution in [0.15, 0.2) is 0 Å². The Balaban J connectivity index is 3.61. The van der Waals surface area contributed by atoms with Crippen LogP contribution in [0.5, 0.6) is 0 Å². The first kappa shape index (κ1) is 13.8. The lowest BCUT2D eigenvalue weighted by atomic mass is 9.88. The Bertz CT molecular complexity index is 115. The van der Waals surface area contributed by atoms with Crippen LogP contribution in [-0.4, -0.2) is 48.4 Å². The summed E-state index contributed by atoms with van der Waals surface area (Å²) in [5.74, 6) is 0. The number of hydrogen-bond donors (Lipinski definition) is 3. The quantitative estimate of drug-likeness (QED) is 0.470. The predicted octanol–water partition coefficient (Wildman–Crippen LogP) is 0.156. The molecule has 0 aromatic carbocycles. The number of aliphatic hydroxyl groups excluding tert-OH is 3. The van der Waals surface area contributed by atoms with E-state index in [1.807, 2.05) is 6.92 Å². The molecule has 0 aromatic heterocycles. The summed E-state index contributed by atoms with van der Waals surface area (Å²) in [5, 5.41) is 26.7. The smallest absolute Gasteiger partial charge is 0.0566 e. The highest BCUT2D eigenvalue weighted by atomic mass is 16.5. The molecular weight excluding hydrogens is 184 g/mol. The monoisotopic (exact) mass is 206 g/mol. The minimum Gasteiger partial charge on any atom is -0.396 e. The Kier molecular flexibility index (Phi) is 8.08. The second kappa shape index (κ2) is 8.17. The Hall–Kier alpha value is -0.160. The molecule has 0 unspecified atom stereocenters. The van der Waals surface area contributed by atoms with E-state index in [1.165, 1.54) is 0 Å². The summed E-state index contributed by atoms with van der Waals surface area (Å²) in [5.41, 5.74) is -0.501. The topological polar surface area (TPSA) is 69.9 Å². The van der Waals surface area contributed by atoms with Crippen molar-refractivity contribution in [2.45, 2.75) is 26.2 Å². The predicted molar refractivity (Wildman–Crippen MR) is 54.0 cm³/mol. The van der Waals surface area contributed by atoms with Crippen LogP contribution in [0.2, 0.25) is 0 Å². The van der Waals surface area contributed by atoms with Gasteiger partial charge in [-0.2, -0.15) is 0 Å². The lowest BCUT2D eigenvalue weighted by molar-refractivity contribution is -0.0310. The van der Waals surface area contributed by atoms with E-state index in [0.717, 1.165) is 12.8 Å². The van der Waals surface area contributed by atoms with Gasteiger partial charge in [-0.15, -0.1) is 0 Å². The third-order valence-electron chi connectivity index (χ3n) is 2.53. The molecule has 0 atom stereocenters. The van der Waals surface area contributed by atoms with Crippen molar-refractivity contribution in [3.05, 3.63) is 0 Å². The van der Waals surface area contributed by atoms with E-state index in [1.54, 1.807) is 0 Å². The first-order valence-corrected chi connectivity index (χ1v) is 5.15. The summed E-state index contributed by atoms with van der Waals surface area (Å²) in [6.45, 7) is 2.94. The zero-order valence-corrected chi connectivity index (χ0v) is 8.91. The highest BCUT2D eigenvalue weighted by molar-refractivity contribution is 4.75. The molecule has 0 saturated carbocycles. The molecule has 0 aliphatic rings. The van der Waals surface area contributed by atoms with Crippen molar-refractivity contribution in [1.82, 2.24) is 0 Å². The van der Waals surface area contributed by atoms with E-state index >= 15 is 0 Å². The molecule has 0 aliphatic heterocycles. The molecular formula is C10H22O4. The van der Waals surface area contributed by atoms with Gasteiger partial charge in [0.25, 0.3) is 0 Å². The molecule has 0 heterocycles. The molecule has 4 nitrogen and oxygen atoms in total. The van der Waals surface area contributed by atoms with E-state index in [0.29, 0.717) is 19.6 Å². The summed E-state index contributed by atoms with van der Waals surface area (Å²) in [4.78, 5) is 0. The Morgan fingerprint density at radius 2 is 1.71 bits per heavy atom. The number of unbranched alkanes of at least 4 members (excludes halogenated alkanes) is 1. The molecule has 86 valence electrons. The van der Waals surface area contributed by atoms with Gasteiger partial charge in [-0.05, 0) is 19.3 Å². The van der Waals surface area contributed by atoms with E-state index in [4.69, 9.17) is 20.1 Å². The molecule has 0 rings (SSSR count). The standard InChI is InChI=1S/C10H22O4/c1-2-10(7-12,8-13)9-14-6-4-3-5-11/h11-13H,2-9H2,1H3. The highest BCUT2D eigenvalue weighted by Crippen LogP contribution is 2.20. The van der Waals surface area contributed by atoms with Gasteiger partial charge < -0.3 is 20.1 Å². The SMILES string of the molecule is CCC(CO)(CO)COCCCCO. The molecule has 4 heteroatoms. The van der Waals surface area contributed by atoms with Crippen molar-refractivity contribution in [2.75, 3.05) is 33.0 Å². The van der Waals surface area contributed by atoms with Crippen LogP contribution in [0.3, 0.4) is 0 Å². The Morgan fingerprint density at radius 1 is 1.07 bits per heavy atom. The summed E-state index contributed by atoms with van der Waals surface area (Å²) >= 11 is 0. The maximum atomic E-state index is 9.10. The summed E-state index contributed by atoms with van der Waals surface area (Å²) in [7, 11) is 0. The largest absolute Gasteiger partial charge is 0.396 e. The van der Waals surface area contributed by atoms with Crippen LogP contribution >= 0.6 is 0 Å². The highest BCUT2D eigenvalue weighted by Gasteiger charge is 2.26. The number of rotatable bonds is 9. The van der Waals surface area contributed by atoms with Crippen molar-refractivity contribution in [3.63, 3.8) is 0 Å². The fraction of sp³-hybridized carbons (Fsp3) is 1.00. The van der Waals surface area contributed by atoms with Crippen LogP contribution in [0, 0.1) is 5.41 Å². The lowest BCUT2D eigenvalue weighted by Crippen LogP contribution is -2.34. The third kappa shape index (κ3) is 4.91. The zero-order chi connectivity index (χ0) is 10.9. The molecule has 0 spiro atoms. The maximum Gasteiger partial charge on any atom is 0.0566 e. The van der Waals surface area contributed by atoms with Crippen LogP contribution in [-0.2, 0) is 4.74 Å². The second-order valence-electron chi connectivity index (χ2n) is 3.65. The minimum atomic E-state index is -0.501. The van der Waals surface area contributed by atoms with Crippen molar-refractivity contribution < 1.29 is 20.1 Å².